The standard InChI is InChI=1S/C19H19ClN4OS2/c1-14(25)22-15-6-4-7-16(12-15)24-13-21-23-19(24)27-11-5-10-26-18-9-3-2-8-17(18)20/h2-4,6-9,12-13H,5,10-11H2,1H3,(H,22,25). The first-order chi connectivity index (χ1) is 13.1. The molecule has 27 heavy (non-hydrogen) atoms. The van der Waals surface area contributed by atoms with Crippen LogP contribution in [0.3, 0.4) is 0 Å². The topological polar surface area (TPSA) is 59.8 Å². The first-order valence-corrected chi connectivity index (χ1v) is 10.8. The molecule has 0 radical (unpaired) electrons. The molecule has 2 aromatic carbocycles. The Morgan fingerprint density at radius 2 is 1.96 bits per heavy atom. The summed E-state index contributed by atoms with van der Waals surface area (Å²) >= 11 is 9.60. The lowest BCUT2D eigenvalue weighted by Gasteiger charge is -2.09. The van der Waals surface area contributed by atoms with Gasteiger partial charge in [-0.1, -0.05) is 41.6 Å². The highest BCUT2D eigenvalue weighted by atomic mass is 35.5. The number of thioether (sulfide) groups is 2. The quantitative estimate of drug-likeness (QED) is 0.404. The maximum atomic E-state index is 11.2. The number of hydrogen-bond acceptors (Lipinski definition) is 5. The third-order valence-corrected chi connectivity index (χ3v) is 6.21. The van der Waals surface area contributed by atoms with Crippen LogP contribution in [0.5, 0.6) is 0 Å². The smallest absolute Gasteiger partial charge is 0.221 e. The maximum Gasteiger partial charge on any atom is 0.221 e. The van der Waals surface area contributed by atoms with Crippen molar-refractivity contribution in [3.05, 3.63) is 59.9 Å². The van der Waals surface area contributed by atoms with Gasteiger partial charge >= 0.3 is 0 Å². The van der Waals surface area contributed by atoms with E-state index in [2.05, 4.69) is 15.5 Å². The number of benzene rings is 2. The van der Waals surface area contributed by atoms with Crippen LogP contribution in [0.25, 0.3) is 5.69 Å². The van der Waals surface area contributed by atoms with Crippen LogP contribution in [0, 0.1) is 0 Å². The fourth-order valence-electron chi connectivity index (χ4n) is 2.40. The number of amides is 1. The van der Waals surface area contributed by atoms with Gasteiger partial charge in [-0.3, -0.25) is 9.36 Å². The van der Waals surface area contributed by atoms with Crippen molar-refractivity contribution in [2.75, 3.05) is 16.8 Å². The molecule has 1 aromatic heterocycles. The van der Waals surface area contributed by atoms with Crippen molar-refractivity contribution in [3.63, 3.8) is 0 Å². The Labute approximate surface area is 171 Å². The number of carbonyl (C=O) groups excluding carboxylic acids is 1. The average Bonchev–Trinajstić information content (AvgIpc) is 3.11. The van der Waals surface area contributed by atoms with Crippen molar-refractivity contribution < 1.29 is 4.79 Å². The summed E-state index contributed by atoms with van der Waals surface area (Å²) in [6.07, 6.45) is 2.72. The van der Waals surface area contributed by atoms with E-state index in [-0.39, 0.29) is 5.91 Å². The van der Waals surface area contributed by atoms with E-state index in [1.54, 1.807) is 29.9 Å². The Hall–Kier alpha value is -1.96. The molecule has 0 aliphatic rings. The van der Waals surface area contributed by atoms with Crippen molar-refractivity contribution in [1.29, 1.82) is 0 Å². The van der Waals surface area contributed by atoms with Gasteiger partial charge in [0.15, 0.2) is 5.16 Å². The van der Waals surface area contributed by atoms with Crippen LogP contribution in [-0.4, -0.2) is 32.2 Å². The molecule has 0 unspecified atom stereocenters. The van der Waals surface area contributed by atoms with Gasteiger partial charge in [0.2, 0.25) is 5.91 Å². The van der Waals surface area contributed by atoms with Crippen LogP contribution < -0.4 is 5.32 Å². The zero-order valence-corrected chi connectivity index (χ0v) is 17.2. The lowest BCUT2D eigenvalue weighted by molar-refractivity contribution is -0.114. The summed E-state index contributed by atoms with van der Waals surface area (Å²) in [7, 11) is 0. The molecule has 140 valence electrons. The minimum atomic E-state index is -0.0958. The third kappa shape index (κ3) is 5.76. The molecule has 0 bridgehead atoms. The summed E-state index contributed by atoms with van der Waals surface area (Å²) in [5.41, 5.74) is 1.67. The number of carbonyl (C=O) groups is 1. The van der Waals surface area contributed by atoms with Crippen LogP contribution in [0.4, 0.5) is 5.69 Å². The molecule has 0 fully saturated rings. The van der Waals surface area contributed by atoms with Gasteiger partial charge < -0.3 is 5.32 Å². The molecule has 0 spiro atoms. The number of halogens is 1. The molecule has 0 aliphatic carbocycles. The second-order valence-corrected chi connectivity index (χ2v) is 8.30. The first kappa shape index (κ1) is 19.8. The number of rotatable bonds is 8. The van der Waals surface area contributed by atoms with Crippen LogP contribution in [-0.2, 0) is 4.79 Å². The molecule has 1 amide bonds. The molecule has 0 saturated heterocycles. The van der Waals surface area contributed by atoms with Crippen molar-refractivity contribution in [2.24, 2.45) is 0 Å². The number of anilines is 1. The molecular weight excluding hydrogens is 400 g/mol. The van der Waals surface area contributed by atoms with E-state index in [4.69, 9.17) is 11.6 Å². The number of nitrogens with zero attached hydrogens (tertiary/aromatic N) is 3. The summed E-state index contributed by atoms with van der Waals surface area (Å²) in [5.74, 6) is 1.83. The molecule has 0 saturated carbocycles. The van der Waals surface area contributed by atoms with Crippen molar-refractivity contribution in [3.8, 4) is 5.69 Å². The Morgan fingerprint density at radius 3 is 2.78 bits per heavy atom. The van der Waals surface area contributed by atoms with Crippen LogP contribution in [0.2, 0.25) is 5.02 Å². The number of hydrogen-bond donors (Lipinski definition) is 1. The fraction of sp³-hybridized carbons (Fsp3) is 0.211. The van der Waals surface area contributed by atoms with Gasteiger partial charge in [-0.25, -0.2) is 0 Å². The van der Waals surface area contributed by atoms with E-state index in [9.17, 15) is 4.79 Å². The van der Waals surface area contributed by atoms with Crippen molar-refractivity contribution >= 4 is 46.7 Å². The fourth-order valence-corrected chi connectivity index (χ4v) is 4.64. The van der Waals surface area contributed by atoms with Crippen LogP contribution >= 0.6 is 35.1 Å². The highest BCUT2D eigenvalue weighted by molar-refractivity contribution is 8.00. The molecule has 0 atom stereocenters. The molecular formula is C19H19ClN4OS2. The molecule has 8 heteroatoms. The van der Waals surface area contributed by atoms with Gasteiger partial charge in [-0.2, -0.15) is 0 Å². The normalized spacial score (nSPS) is 10.7. The number of nitrogens with one attached hydrogen (secondary N) is 1. The Morgan fingerprint density at radius 1 is 1.15 bits per heavy atom. The van der Waals surface area contributed by atoms with E-state index in [1.165, 1.54) is 6.92 Å². The van der Waals surface area contributed by atoms with Gasteiger partial charge in [0.05, 0.1) is 10.7 Å². The van der Waals surface area contributed by atoms with E-state index < -0.39 is 0 Å². The Bertz CT molecular complexity index is 916. The molecule has 0 aliphatic heterocycles. The highest BCUT2D eigenvalue weighted by Crippen LogP contribution is 2.28. The largest absolute Gasteiger partial charge is 0.326 e. The predicted octanol–water partition coefficient (Wildman–Crippen LogP) is 5.15. The van der Waals surface area contributed by atoms with E-state index >= 15 is 0 Å². The van der Waals surface area contributed by atoms with Gasteiger partial charge in [0.25, 0.3) is 0 Å². The minimum absolute atomic E-state index is 0.0958. The highest BCUT2D eigenvalue weighted by Gasteiger charge is 2.08. The zero-order chi connectivity index (χ0) is 19.1. The Kier molecular flexibility index (Phi) is 7.20. The summed E-state index contributed by atoms with van der Waals surface area (Å²) in [4.78, 5) is 12.4. The molecule has 1 N–H and O–H groups in total. The maximum absolute atomic E-state index is 11.2. The van der Waals surface area contributed by atoms with Gasteiger partial charge in [0, 0.05) is 23.3 Å². The van der Waals surface area contributed by atoms with Gasteiger partial charge in [-0.15, -0.1) is 22.0 Å². The average molecular weight is 419 g/mol. The second kappa shape index (κ2) is 9.82. The molecule has 3 aromatic rings. The lowest BCUT2D eigenvalue weighted by Crippen LogP contribution is -2.06. The summed E-state index contributed by atoms with van der Waals surface area (Å²) in [5, 5.41) is 12.7. The van der Waals surface area contributed by atoms with Crippen LogP contribution in [0.15, 0.2) is 64.9 Å². The molecule has 3 rings (SSSR count). The molecule has 5 nitrogen and oxygen atoms in total. The van der Waals surface area contributed by atoms with Crippen molar-refractivity contribution in [2.45, 2.75) is 23.4 Å². The van der Waals surface area contributed by atoms with E-state index in [1.807, 2.05) is 53.1 Å². The van der Waals surface area contributed by atoms with Crippen LogP contribution in [0.1, 0.15) is 13.3 Å². The third-order valence-electron chi connectivity index (χ3n) is 3.58. The van der Waals surface area contributed by atoms with Gasteiger partial charge in [0.1, 0.15) is 6.33 Å². The SMILES string of the molecule is CC(=O)Nc1cccc(-n2cnnc2SCCCSc2ccccc2Cl)c1. The zero-order valence-electron chi connectivity index (χ0n) is 14.8. The monoisotopic (exact) mass is 418 g/mol. The van der Waals surface area contributed by atoms with Gasteiger partial charge in [-0.05, 0) is 42.5 Å². The summed E-state index contributed by atoms with van der Waals surface area (Å²) in [6, 6.07) is 15.5. The second-order valence-electron chi connectivity index (χ2n) is 5.70. The predicted molar refractivity (Wildman–Crippen MR) is 113 cm³/mol. The minimum Gasteiger partial charge on any atom is -0.326 e. The van der Waals surface area contributed by atoms with E-state index in [0.717, 1.165) is 44.4 Å². The number of aromatic nitrogens is 3. The Balaban J connectivity index is 1.55. The summed E-state index contributed by atoms with van der Waals surface area (Å²) < 4.78 is 1.93. The summed E-state index contributed by atoms with van der Waals surface area (Å²) in [6.45, 7) is 1.49. The lowest BCUT2D eigenvalue weighted by atomic mass is 10.2. The van der Waals surface area contributed by atoms with E-state index in [0.29, 0.717) is 0 Å². The molecule has 1 heterocycles. The first-order valence-electron chi connectivity index (χ1n) is 8.41. The van der Waals surface area contributed by atoms with Crippen molar-refractivity contribution in [1.82, 2.24) is 14.8 Å².